The van der Waals surface area contributed by atoms with Crippen molar-refractivity contribution in [2.45, 2.75) is 13.5 Å². The Bertz CT molecular complexity index is 1290. The molecule has 4 aromatic rings. The SMILES string of the molecule is Cc1cnc(-c2cc(-c3ccccc3)n(CC(=O)N3CCN(c4ncccn4)CC3)n2)cc1F. The third-order valence-electron chi connectivity index (χ3n) is 5.90. The topological polar surface area (TPSA) is 80.0 Å². The summed E-state index contributed by atoms with van der Waals surface area (Å²) < 4.78 is 15.8. The van der Waals surface area contributed by atoms with Crippen LogP contribution in [0.25, 0.3) is 22.6 Å². The molecule has 5 rings (SSSR count). The number of hydrogen-bond acceptors (Lipinski definition) is 6. The molecule has 1 aromatic carbocycles. The molecule has 3 aromatic heterocycles. The highest BCUT2D eigenvalue weighted by Gasteiger charge is 2.24. The van der Waals surface area contributed by atoms with Crippen LogP contribution in [-0.2, 0) is 11.3 Å². The molecule has 0 spiro atoms. The summed E-state index contributed by atoms with van der Waals surface area (Å²) in [6.45, 7) is 4.24. The molecule has 0 aliphatic carbocycles. The quantitative estimate of drug-likeness (QED) is 0.458. The molecule has 1 saturated heterocycles. The number of halogens is 1. The van der Waals surface area contributed by atoms with Gasteiger partial charge in [0, 0.05) is 56.4 Å². The zero-order chi connectivity index (χ0) is 23.5. The van der Waals surface area contributed by atoms with Crippen LogP contribution in [0, 0.1) is 12.7 Å². The summed E-state index contributed by atoms with van der Waals surface area (Å²) in [6, 6.07) is 14.7. The lowest BCUT2D eigenvalue weighted by Crippen LogP contribution is -2.50. The van der Waals surface area contributed by atoms with Gasteiger partial charge in [-0.2, -0.15) is 5.10 Å². The lowest BCUT2D eigenvalue weighted by Gasteiger charge is -2.34. The highest BCUT2D eigenvalue weighted by Crippen LogP contribution is 2.26. The predicted molar refractivity (Wildman–Crippen MR) is 126 cm³/mol. The molecule has 34 heavy (non-hydrogen) atoms. The first-order valence-electron chi connectivity index (χ1n) is 11.1. The third kappa shape index (κ3) is 4.50. The second-order valence-corrected chi connectivity index (χ2v) is 8.17. The number of piperazine rings is 1. The average Bonchev–Trinajstić information content (AvgIpc) is 3.30. The van der Waals surface area contributed by atoms with Gasteiger partial charge in [-0.3, -0.25) is 14.5 Å². The molecule has 0 N–H and O–H groups in total. The van der Waals surface area contributed by atoms with Crippen molar-refractivity contribution in [1.82, 2.24) is 29.6 Å². The maximum Gasteiger partial charge on any atom is 0.244 e. The van der Waals surface area contributed by atoms with Gasteiger partial charge in [0.2, 0.25) is 11.9 Å². The summed E-state index contributed by atoms with van der Waals surface area (Å²) in [5, 5.41) is 4.63. The highest BCUT2D eigenvalue weighted by atomic mass is 19.1. The molecule has 0 atom stereocenters. The van der Waals surface area contributed by atoms with Crippen molar-refractivity contribution < 1.29 is 9.18 Å². The van der Waals surface area contributed by atoms with Crippen molar-refractivity contribution >= 4 is 11.9 Å². The van der Waals surface area contributed by atoms with E-state index in [1.807, 2.05) is 41.3 Å². The molecule has 172 valence electrons. The summed E-state index contributed by atoms with van der Waals surface area (Å²) in [5.74, 6) is 0.316. The van der Waals surface area contributed by atoms with Crippen LogP contribution in [0.2, 0.25) is 0 Å². The summed E-state index contributed by atoms with van der Waals surface area (Å²) >= 11 is 0. The van der Waals surface area contributed by atoms with E-state index in [-0.39, 0.29) is 18.3 Å². The molecule has 4 heterocycles. The largest absolute Gasteiger partial charge is 0.338 e. The van der Waals surface area contributed by atoms with Gasteiger partial charge < -0.3 is 9.80 Å². The minimum absolute atomic E-state index is 0.0245. The van der Waals surface area contributed by atoms with Crippen LogP contribution in [0.1, 0.15) is 5.56 Å². The molecular weight excluding hydrogens is 433 g/mol. The van der Waals surface area contributed by atoms with Crippen molar-refractivity contribution in [3.63, 3.8) is 0 Å². The lowest BCUT2D eigenvalue weighted by atomic mass is 10.1. The molecule has 1 fully saturated rings. The Morgan fingerprint density at radius 2 is 1.68 bits per heavy atom. The molecule has 0 radical (unpaired) electrons. The van der Waals surface area contributed by atoms with Gasteiger partial charge in [-0.25, -0.2) is 14.4 Å². The van der Waals surface area contributed by atoms with Crippen molar-refractivity contribution in [3.8, 4) is 22.6 Å². The first-order chi connectivity index (χ1) is 16.6. The van der Waals surface area contributed by atoms with Crippen LogP contribution in [0.5, 0.6) is 0 Å². The normalized spacial score (nSPS) is 13.8. The monoisotopic (exact) mass is 457 g/mol. The van der Waals surface area contributed by atoms with Crippen LogP contribution in [0.15, 0.2) is 67.1 Å². The molecule has 0 saturated carbocycles. The van der Waals surface area contributed by atoms with E-state index < -0.39 is 0 Å². The molecule has 1 aliphatic heterocycles. The van der Waals surface area contributed by atoms with Gasteiger partial charge in [0.1, 0.15) is 18.1 Å². The van der Waals surface area contributed by atoms with Crippen molar-refractivity contribution in [2.24, 2.45) is 0 Å². The number of benzene rings is 1. The fraction of sp³-hybridized carbons (Fsp3) is 0.240. The van der Waals surface area contributed by atoms with Crippen LogP contribution < -0.4 is 4.90 Å². The standard InChI is InChI=1S/C25H24FN7O/c1-18-16-29-21(14-20(18)26)22-15-23(19-6-3-2-4-7-19)33(30-22)17-24(34)31-10-12-32(13-11-31)25-27-8-5-9-28-25/h2-9,14-16H,10-13,17H2,1H3. The number of pyridine rings is 1. The molecule has 1 amide bonds. The fourth-order valence-electron chi connectivity index (χ4n) is 3.98. The summed E-state index contributed by atoms with van der Waals surface area (Å²) in [4.78, 5) is 30.0. The van der Waals surface area contributed by atoms with E-state index in [4.69, 9.17) is 0 Å². The number of aryl methyl sites for hydroxylation is 1. The number of hydrogen-bond donors (Lipinski definition) is 0. The average molecular weight is 458 g/mol. The van der Waals surface area contributed by atoms with Gasteiger partial charge in [-0.05, 0) is 24.6 Å². The fourth-order valence-corrected chi connectivity index (χ4v) is 3.98. The second-order valence-electron chi connectivity index (χ2n) is 8.17. The van der Waals surface area contributed by atoms with Crippen molar-refractivity contribution in [3.05, 3.63) is 78.5 Å². The maximum atomic E-state index is 14.2. The number of aromatic nitrogens is 5. The number of carbonyl (C=O) groups is 1. The Morgan fingerprint density at radius 3 is 2.38 bits per heavy atom. The van der Waals surface area contributed by atoms with Crippen LogP contribution in [0.4, 0.5) is 10.3 Å². The number of carbonyl (C=O) groups excluding carboxylic acids is 1. The Hall–Kier alpha value is -4.14. The maximum absolute atomic E-state index is 14.2. The van der Waals surface area contributed by atoms with E-state index in [1.165, 1.54) is 12.3 Å². The third-order valence-corrected chi connectivity index (χ3v) is 5.90. The lowest BCUT2D eigenvalue weighted by molar-refractivity contribution is -0.132. The van der Waals surface area contributed by atoms with Gasteiger partial charge >= 0.3 is 0 Å². The minimum Gasteiger partial charge on any atom is -0.338 e. The summed E-state index contributed by atoms with van der Waals surface area (Å²) in [5.41, 5.74) is 3.14. The Balaban J connectivity index is 1.36. The molecule has 0 bridgehead atoms. The molecule has 1 aliphatic rings. The Kier molecular flexibility index (Phi) is 5.99. The molecule has 9 heteroatoms. The molecule has 0 unspecified atom stereocenters. The van der Waals surface area contributed by atoms with E-state index in [2.05, 4.69) is 25.0 Å². The van der Waals surface area contributed by atoms with E-state index in [1.54, 1.807) is 30.1 Å². The van der Waals surface area contributed by atoms with Crippen LogP contribution >= 0.6 is 0 Å². The number of amides is 1. The van der Waals surface area contributed by atoms with Crippen LogP contribution in [0.3, 0.4) is 0 Å². The first kappa shape index (κ1) is 21.7. The second kappa shape index (κ2) is 9.38. The number of nitrogens with zero attached hydrogens (tertiary/aromatic N) is 7. The summed E-state index contributed by atoms with van der Waals surface area (Å²) in [6.07, 6.45) is 4.93. The van der Waals surface area contributed by atoms with Crippen molar-refractivity contribution in [1.29, 1.82) is 0 Å². The van der Waals surface area contributed by atoms with E-state index in [9.17, 15) is 9.18 Å². The number of rotatable bonds is 5. The zero-order valence-electron chi connectivity index (χ0n) is 18.8. The predicted octanol–water partition coefficient (Wildman–Crippen LogP) is 3.20. The first-order valence-corrected chi connectivity index (χ1v) is 11.1. The summed E-state index contributed by atoms with van der Waals surface area (Å²) in [7, 11) is 0. The minimum atomic E-state index is -0.336. The molecular formula is C25H24FN7O. The van der Waals surface area contributed by atoms with Gasteiger partial charge in [0.25, 0.3) is 0 Å². The van der Waals surface area contributed by atoms with E-state index in [0.29, 0.717) is 49.1 Å². The van der Waals surface area contributed by atoms with E-state index >= 15 is 0 Å². The van der Waals surface area contributed by atoms with Gasteiger partial charge in [-0.15, -0.1) is 0 Å². The Morgan fingerprint density at radius 1 is 0.941 bits per heavy atom. The zero-order valence-corrected chi connectivity index (χ0v) is 18.8. The van der Waals surface area contributed by atoms with Gasteiger partial charge in [-0.1, -0.05) is 30.3 Å². The van der Waals surface area contributed by atoms with Crippen molar-refractivity contribution in [2.75, 3.05) is 31.1 Å². The number of anilines is 1. The smallest absolute Gasteiger partial charge is 0.244 e. The van der Waals surface area contributed by atoms with Gasteiger partial charge in [0.05, 0.1) is 11.4 Å². The van der Waals surface area contributed by atoms with Crippen LogP contribution in [-0.4, -0.2) is 61.7 Å². The highest BCUT2D eigenvalue weighted by molar-refractivity contribution is 5.78. The molecule has 8 nitrogen and oxygen atoms in total. The van der Waals surface area contributed by atoms with Gasteiger partial charge in [0.15, 0.2) is 0 Å². The Labute approximate surface area is 196 Å². The van der Waals surface area contributed by atoms with E-state index in [0.717, 1.165) is 11.3 Å².